The van der Waals surface area contributed by atoms with E-state index in [-0.39, 0.29) is 6.61 Å². The predicted molar refractivity (Wildman–Crippen MR) is 120 cm³/mol. The molecule has 0 radical (unpaired) electrons. The summed E-state index contributed by atoms with van der Waals surface area (Å²) in [5.74, 6) is 0. The highest BCUT2D eigenvalue weighted by Crippen LogP contribution is 2.25. The van der Waals surface area contributed by atoms with E-state index in [1.807, 2.05) is 41.0 Å². The molecule has 0 saturated carbocycles. The minimum absolute atomic E-state index is 0.0488. The van der Waals surface area contributed by atoms with Gasteiger partial charge in [0, 0.05) is 54.6 Å². The third-order valence-electron chi connectivity index (χ3n) is 4.65. The Balaban J connectivity index is 1.71. The van der Waals surface area contributed by atoms with Gasteiger partial charge in [-0.15, -0.1) is 0 Å². The standard InChI is InChI=1S/C22H21ClN6O/c1-24-12-17(13-25-7-8-30)20-4-5-22-27-14-18(29(22)28-20)10-16-9-15-3-2-6-26-21(15)11-19(16)23/h2-6,9,11-14,25,30H,7-8,10H2,1H3/b17-13+,24-12?. The Labute approximate surface area is 178 Å². The number of fused-ring (bicyclic) bond motifs is 2. The van der Waals surface area contributed by atoms with Crippen molar-refractivity contribution in [2.24, 2.45) is 4.99 Å². The molecule has 3 aromatic heterocycles. The van der Waals surface area contributed by atoms with Crippen molar-refractivity contribution in [2.75, 3.05) is 20.2 Å². The summed E-state index contributed by atoms with van der Waals surface area (Å²) in [7, 11) is 1.71. The maximum absolute atomic E-state index is 8.99. The van der Waals surface area contributed by atoms with E-state index < -0.39 is 0 Å². The molecule has 0 bridgehead atoms. The SMILES string of the molecule is CN=C/C(=C\NCCO)c1ccc2ncc(Cc3cc4cccnc4cc3Cl)n2n1. The Hall–Kier alpha value is -3.29. The molecule has 3 heterocycles. The average Bonchev–Trinajstić information content (AvgIpc) is 3.16. The molecule has 152 valence electrons. The maximum Gasteiger partial charge on any atom is 0.153 e. The fourth-order valence-electron chi connectivity index (χ4n) is 3.23. The molecule has 0 fully saturated rings. The van der Waals surface area contributed by atoms with Gasteiger partial charge in [-0.1, -0.05) is 17.7 Å². The van der Waals surface area contributed by atoms with Gasteiger partial charge in [0.05, 0.1) is 29.7 Å². The molecule has 0 saturated heterocycles. The van der Waals surface area contributed by atoms with E-state index in [2.05, 4.69) is 26.3 Å². The first-order chi connectivity index (χ1) is 14.7. The van der Waals surface area contributed by atoms with E-state index in [4.69, 9.17) is 21.8 Å². The highest BCUT2D eigenvalue weighted by Gasteiger charge is 2.11. The number of aromatic nitrogens is 4. The van der Waals surface area contributed by atoms with Crippen LogP contribution in [-0.2, 0) is 6.42 Å². The van der Waals surface area contributed by atoms with E-state index in [1.165, 1.54) is 0 Å². The molecule has 4 rings (SSSR count). The molecular weight excluding hydrogens is 400 g/mol. The molecular formula is C22H21ClN6O. The summed E-state index contributed by atoms with van der Waals surface area (Å²) in [5.41, 5.74) is 5.08. The van der Waals surface area contributed by atoms with Gasteiger partial charge in [0.25, 0.3) is 0 Å². The third kappa shape index (κ3) is 4.17. The van der Waals surface area contributed by atoms with Crippen molar-refractivity contribution in [3.05, 3.63) is 77.0 Å². The first kappa shape index (κ1) is 20.0. The van der Waals surface area contributed by atoms with E-state index >= 15 is 0 Å². The smallest absolute Gasteiger partial charge is 0.153 e. The third-order valence-corrected chi connectivity index (χ3v) is 5.01. The summed E-state index contributed by atoms with van der Waals surface area (Å²) in [6, 6.07) is 11.7. The number of nitrogens with zero attached hydrogens (tertiary/aromatic N) is 5. The molecule has 0 unspecified atom stereocenters. The lowest BCUT2D eigenvalue weighted by Gasteiger charge is -2.08. The average molecular weight is 421 g/mol. The number of hydrogen-bond acceptors (Lipinski definition) is 6. The number of benzene rings is 1. The first-order valence-corrected chi connectivity index (χ1v) is 9.91. The number of rotatable bonds is 7. The van der Waals surface area contributed by atoms with Crippen molar-refractivity contribution in [3.63, 3.8) is 0 Å². The highest BCUT2D eigenvalue weighted by molar-refractivity contribution is 6.32. The van der Waals surface area contributed by atoms with E-state index in [9.17, 15) is 0 Å². The maximum atomic E-state index is 8.99. The zero-order chi connectivity index (χ0) is 20.9. The van der Waals surface area contributed by atoms with Crippen molar-refractivity contribution in [1.82, 2.24) is 24.9 Å². The Kier molecular flexibility index (Phi) is 6.02. The molecule has 2 N–H and O–H groups in total. The minimum atomic E-state index is 0.0488. The van der Waals surface area contributed by atoms with Gasteiger partial charge < -0.3 is 10.4 Å². The van der Waals surface area contributed by atoms with Crippen molar-refractivity contribution in [2.45, 2.75) is 6.42 Å². The van der Waals surface area contributed by atoms with Crippen LogP contribution in [0.3, 0.4) is 0 Å². The minimum Gasteiger partial charge on any atom is -0.395 e. The molecule has 0 aliphatic heterocycles. The monoisotopic (exact) mass is 420 g/mol. The van der Waals surface area contributed by atoms with Crippen LogP contribution in [0.4, 0.5) is 0 Å². The summed E-state index contributed by atoms with van der Waals surface area (Å²) in [5, 5.41) is 18.5. The van der Waals surface area contributed by atoms with Crippen LogP contribution in [0, 0.1) is 0 Å². The van der Waals surface area contributed by atoms with Crippen molar-refractivity contribution < 1.29 is 5.11 Å². The van der Waals surface area contributed by atoms with Gasteiger partial charge >= 0.3 is 0 Å². The number of aliphatic hydroxyl groups excluding tert-OH is 1. The quantitative estimate of drug-likeness (QED) is 0.354. The van der Waals surface area contributed by atoms with Gasteiger partial charge in [-0.3, -0.25) is 9.98 Å². The second-order valence-corrected chi connectivity index (χ2v) is 7.13. The summed E-state index contributed by atoms with van der Waals surface area (Å²) in [6.45, 7) is 0.502. The first-order valence-electron chi connectivity index (χ1n) is 9.53. The Morgan fingerprint density at radius 3 is 3.00 bits per heavy atom. The molecule has 7 nitrogen and oxygen atoms in total. The predicted octanol–water partition coefficient (Wildman–Crippen LogP) is 3.15. The lowest BCUT2D eigenvalue weighted by atomic mass is 10.1. The largest absolute Gasteiger partial charge is 0.395 e. The topological polar surface area (TPSA) is 87.7 Å². The Morgan fingerprint density at radius 1 is 1.27 bits per heavy atom. The normalized spacial score (nSPS) is 12.3. The number of nitrogens with one attached hydrogen (secondary N) is 1. The number of halogens is 1. The van der Waals surface area contributed by atoms with Crippen LogP contribution in [0.15, 0.2) is 60.0 Å². The fraction of sp³-hybridized carbons (Fsp3) is 0.182. The number of imidazole rings is 1. The highest BCUT2D eigenvalue weighted by atomic mass is 35.5. The van der Waals surface area contributed by atoms with Crippen LogP contribution in [0.5, 0.6) is 0 Å². The second-order valence-electron chi connectivity index (χ2n) is 6.72. The number of aliphatic hydroxyl groups is 1. The Bertz CT molecular complexity index is 1250. The molecule has 4 aromatic rings. The zero-order valence-electron chi connectivity index (χ0n) is 16.5. The molecule has 0 amide bonds. The number of allylic oxidation sites excluding steroid dienone is 1. The number of pyridine rings is 1. The lowest BCUT2D eigenvalue weighted by molar-refractivity contribution is 0.298. The summed E-state index contributed by atoms with van der Waals surface area (Å²) in [6.07, 6.45) is 7.68. The van der Waals surface area contributed by atoms with E-state index in [0.717, 1.165) is 39.1 Å². The zero-order valence-corrected chi connectivity index (χ0v) is 17.2. The van der Waals surface area contributed by atoms with Crippen LogP contribution >= 0.6 is 11.6 Å². The van der Waals surface area contributed by atoms with Gasteiger partial charge in [0.15, 0.2) is 5.65 Å². The molecule has 0 aliphatic carbocycles. The van der Waals surface area contributed by atoms with Crippen LogP contribution in [0.25, 0.3) is 22.1 Å². The molecule has 8 heteroatoms. The fourth-order valence-corrected chi connectivity index (χ4v) is 3.46. The van der Waals surface area contributed by atoms with Gasteiger partial charge in [0.1, 0.15) is 0 Å². The Morgan fingerprint density at radius 2 is 2.17 bits per heavy atom. The lowest BCUT2D eigenvalue weighted by Crippen LogP contribution is -2.12. The van der Waals surface area contributed by atoms with Crippen molar-refractivity contribution >= 4 is 39.9 Å². The number of hydrogen-bond donors (Lipinski definition) is 2. The van der Waals surface area contributed by atoms with Gasteiger partial charge in [-0.2, -0.15) is 5.10 Å². The molecule has 0 aliphatic rings. The van der Waals surface area contributed by atoms with Crippen LogP contribution in [0.2, 0.25) is 5.02 Å². The van der Waals surface area contributed by atoms with Crippen molar-refractivity contribution in [1.29, 1.82) is 0 Å². The van der Waals surface area contributed by atoms with Gasteiger partial charge in [-0.05, 0) is 35.9 Å². The van der Waals surface area contributed by atoms with Crippen LogP contribution in [0.1, 0.15) is 17.0 Å². The molecule has 0 spiro atoms. The summed E-state index contributed by atoms with van der Waals surface area (Å²) < 4.78 is 1.82. The van der Waals surface area contributed by atoms with E-state index in [0.29, 0.717) is 18.0 Å². The molecule has 0 atom stereocenters. The number of aliphatic imine (C=N–C) groups is 1. The van der Waals surface area contributed by atoms with Gasteiger partial charge in [0.2, 0.25) is 0 Å². The summed E-state index contributed by atoms with van der Waals surface area (Å²) >= 11 is 6.52. The van der Waals surface area contributed by atoms with Crippen molar-refractivity contribution in [3.8, 4) is 0 Å². The van der Waals surface area contributed by atoms with Crippen LogP contribution < -0.4 is 5.32 Å². The van der Waals surface area contributed by atoms with Gasteiger partial charge in [-0.25, -0.2) is 9.50 Å². The molecule has 1 aromatic carbocycles. The molecule has 30 heavy (non-hydrogen) atoms. The second kappa shape index (κ2) is 9.02. The summed E-state index contributed by atoms with van der Waals surface area (Å²) in [4.78, 5) is 12.9. The van der Waals surface area contributed by atoms with E-state index in [1.54, 1.807) is 25.7 Å². The van der Waals surface area contributed by atoms with Crippen LogP contribution in [-0.4, -0.2) is 51.1 Å².